The van der Waals surface area contributed by atoms with Crippen LogP contribution in [0.25, 0.3) is 5.57 Å². The summed E-state index contributed by atoms with van der Waals surface area (Å²) in [5, 5.41) is 0. The van der Waals surface area contributed by atoms with E-state index >= 15 is 0 Å². The summed E-state index contributed by atoms with van der Waals surface area (Å²) in [4.78, 5) is 12.0. The van der Waals surface area contributed by atoms with Crippen LogP contribution in [0, 0.1) is 0 Å². The molecule has 0 aliphatic carbocycles. The number of halogens is 3. The molecular formula is C21H28BrF2NO3. The number of rotatable bonds is 7. The molecule has 1 aliphatic heterocycles. The minimum absolute atomic E-state index is 0.234. The van der Waals surface area contributed by atoms with E-state index in [0.29, 0.717) is 5.70 Å². The van der Waals surface area contributed by atoms with Crippen LogP contribution < -0.4 is 4.74 Å². The van der Waals surface area contributed by atoms with E-state index in [0.717, 1.165) is 45.7 Å². The van der Waals surface area contributed by atoms with Gasteiger partial charge in [0.2, 0.25) is 0 Å². The quantitative estimate of drug-likeness (QED) is 0.428. The van der Waals surface area contributed by atoms with Gasteiger partial charge in [-0.25, -0.2) is 13.6 Å². The molecule has 1 saturated heterocycles. The number of cyclic esters (lactones) is 1. The van der Waals surface area contributed by atoms with E-state index in [1.807, 2.05) is 25.1 Å². The highest BCUT2D eigenvalue weighted by atomic mass is 79.9. The number of allylic oxidation sites excluding steroid dienone is 3. The molecule has 156 valence electrons. The highest BCUT2D eigenvalue weighted by Gasteiger charge is 2.39. The van der Waals surface area contributed by atoms with E-state index in [9.17, 15) is 13.6 Å². The topological polar surface area (TPSA) is 38.8 Å². The molecule has 1 amide bonds. The van der Waals surface area contributed by atoms with Crippen LogP contribution in [0.3, 0.4) is 0 Å². The van der Waals surface area contributed by atoms with E-state index < -0.39 is 18.6 Å². The van der Waals surface area contributed by atoms with Crippen LogP contribution in [0.15, 0.2) is 41.0 Å². The fourth-order valence-electron chi connectivity index (χ4n) is 2.46. The van der Waals surface area contributed by atoms with Gasteiger partial charge >= 0.3 is 6.09 Å². The fourth-order valence-corrected chi connectivity index (χ4v) is 2.80. The van der Waals surface area contributed by atoms with Crippen molar-refractivity contribution in [3.8, 4) is 5.75 Å². The third kappa shape index (κ3) is 6.93. The Balaban J connectivity index is 0.000000283. The Labute approximate surface area is 174 Å². The van der Waals surface area contributed by atoms with Crippen LogP contribution in [0.4, 0.5) is 13.6 Å². The summed E-state index contributed by atoms with van der Waals surface area (Å²) in [5.41, 5.74) is 2.62. The average molecular weight is 460 g/mol. The molecule has 2 rings (SSSR count). The van der Waals surface area contributed by atoms with Gasteiger partial charge in [-0.05, 0) is 51.0 Å². The molecule has 0 radical (unpaired) electrons. The molecule has 1 aromatic carbocycles. The highest BCUT2D eigenvalue weighted by molar-refractivity contribution is 9.10. The van der Waals surface area contributed by atoms with Crippen molar-refractivity contribution < 1.29 is 23.0 Å². The number of hydrogen-bond acceptors (Lipinski definition) is 3. The predicted molar refractivity (Wildman–Crippen MR) is 112 cm³/mol. The Morgan fingerprint density at radius 1 is 1.46 bits per heavy atom. The molecule has 0 N–H and O–H groups in total. The number of hydrogen-bond donors (Lipinski definition) is 0. The molecule has 1 aromatic rings. The SMILES string of the molecule is C/C=C(\C)N1C(=O)OCC1C(F)F.C=C(C)c1ccc(Br)cc1OCCCC. The van der Waals surface area contributed by atoms with Crippen LogP contribution in [-0.4, -0.2) is 36.7 Å². The average Bonchev–Trinajstić information content (AvgIpc) is 3.03. The van der Waals surface area contributed by atoms with Gasteiger partial charge in [0.25, 0.3) is 6.43 Å². The zero-order chi connectivity index (χ0) is 21.3. The third-order valence-electron chi connectivity index (χ3n) is 4.15. The summed E-state index contributed by atoms with van der Waals surface area (Å²) in [6.07, 6.45) is 0.572. The lowest BCUT2D eigenvalue weighted by atomic mass is 10.1. The summed E-state index contributed by atoms with van der Waals surface area (Å²) >= 11 is 3.44. The van der Waals surface area contributed by atoms with Crippen molar-refractivity contribution >= 4 is 27.6 Å². The van der Waals surface area contributed by atoms with Crippen LogP contribution in [0.5, 0.6) is 5.75 Å². The lowest BCUT2D eigenvalue weighted by Gasteiger charge is -2.20. The molecule has 0 spiro atoms. The standard InChI is InChI=1S/C13H17BrO.C8H11F2NO2/c1-4-5-8-15-13-9-11(14)6-7-12(13)10(2)3;1-3-5(2)11-6(7(9)10)4-13-8(11)12/h6-7,9H,2,4-5,8H2,1,3H3;3,6-7H,4H2,1-2H3/b;5-3+. The second kappa shape index (κ2) is 11.8. The monoisotopic (exact) mass is 459 g/mol. The largest absolute Gasteiger partial charge is 0.493 e. The molecule has 1 aliphatic rings. The van der Waals surface area contributed by atoms with Crippen LogP contribution in [0.2, 0.25) is 0 Å². The van der Waals surface area contributed by atoms with Crippen molar-refractivity contribution in [2.75, 3.05) is 13.2 Å². The molecule has 1 atom stereocenters. The van der Waals surface area contributed by atoms with E-state index in [4.69, 9.17) is 4.74 Å². The second-order valence-electron chi connectivity index (χ2n) is 6.40. The molecule has 0 saturated carbocycles. The van der Waals surface area contributed by atoms with E-state index in [1.54, 1.807) is 19.9 Å². The number of amides is 1. The van der Waals surface area contributed by atoms with Gasteiger partial charge in [0.15, 0.2) is 0 Å². The minimum atomic E-state index is -2.57. The van der Waals surface area contributed by atoms with Crippen LogP contribution in [-0.2, 0) is 4.74 Å². The number of nitrogens with zero attached hydrogens (tertiary/aromatic N) is 1. The van der Waals surface area contributed by atoms with Gasteiger partial charge in [0.1, 0.15) is 18.4 Å². The first-order valence-corrected chi connectivity index (χ1v) is 9.97. The summed E-state index contributed by atoms with van der Waals surface area (Å²) in [5.74, 6) is 0.922. The summed E-state index contributed by atoms with van der Waals surface area (Å²) < 4.78 is 36.0. The molecule has 4 nitrogen and oxygen atoms in total. The lowest BCUT2D eigenvalue weighted by Crippen LogP contribution is -2.37. The number of carbonyl (C=O) groups excluding carboxylic acids is 1. The zero-order valence-corrected chi connectivity index (χ0v) is 18.4. The first-order valence-electron chi connectivity index (χ1n) is 9.18. The number of carbonyl (C=O) groups is 1. The molecule has 1 fully saturated rings. The second-order valence-corrected chi connectivity index (χ2v) is 7.32. The number of alkyl halides is 2. The Hall–Kier alpha value is -1.89. The van der Waals surface area contributed by atoms with Crippen molar-refractivity contribution in [1.82, 2.24) is 4.90 Å². The van der Waals surface area contributed by atoms with Crippen molar-refractivity contribution in [3.63, 3.8) is 0 Å². The molecule has 7 heteroatoms. The summed E-state index contributed by atoms with van der Waals surface area (Å²) in [6.45, 7) is 11.9. The van der Waals surface area contributed by atoms with Gasteiger partial charge in [-0.15, -0.1) is 0 Å². The molecule has 28 heavy (non-hydrogen) atoms. The van der Waals surface area contributed by atoms with Crippen LogP contribution in [0.1, 0.15) is 46.1 Å². The maximum absolute atomic E-state index is 12.4. The first-order chi connectivity index (χ1) is 13.2. The van der Waals surface area contributed by atoms with Gasteiger partial charge in [0, 0.05) is 15.7 Å². The molecule has 0 aromatic heterocycles. The Bertz CT molecular complexity index is 707. The zero-order valence-electron chi connectivity index (χ0n) is 16.8. The lowest BCUT2D eigenvalue weighted by molar-refractivity contribution is 0.0700. The van der Waals surface area contributed by atoms with Gasteiger partial charge in [0.05, 0.1) is 6.61 Å². The molecule has 0 bridgehead atoms. The molecule has 1 unspecified atom stereocenters. The molecular weight excluding hydrogens is 432 g/mol. The van der Waals surface area contributed by atoms with Crippen LogP contribution >= 0.6 is 15.9 Å². The number of unbranched alkanes of at least 4 members (excludes halogenated alkanes) is 1. The Kier molecular flexibility index (Phi) is 10.2. The Morgan fingerprint density at radius 2 is 2.14 bits per heavy atom. The maximum Gasteiger partial charge on any atom is 0.414 e. The smallest absolute Gasteiger partial charge is 0.414 e. The normalized spacial score (nSPS) is 16.6. The van der Waals surface area contributed by atoms with E-state index in [2.05, 4.69) is 34.2 Å². The van der Waals surface area contributed by atoms with E-state index in [1.165, 1.54) is 0 Å². The minimum Gasteiger partial charge on any atom is -0.493 e. The predicted octanol–water partition coefficient (Wildman–Crippen LogP) is 6.66. The number of ether oxygens (including phenoxy) is 2. The Morgan fingerprint density at radius 3 is 2.68 bits per heavy atom. The summed E-state index contributed by atoms with van der Waals surface area (Å²) in [7, 11) is 0. The summed E-state index contributed by atoms with van der Waals surface area (Å²) in [6, 6.07) is 4.91. The van der Waals surface area contributed by atoms with Crippen molar-refractivity contribution in [2.45, 2.75) is 53.0 Å². The van der Waals surface area contributed by atoms with E-state index in [-0.39, 0.29) is 6.61 Å². The fraction of sp³-hybridized carbons (Fsp3) is 0.476. The van der Waals surface area contributed by atoms with Gasteiger partial charge in [-0.3, -0.25) is 4.90 Å². The number of benzene rings is 1. The van der Waals surface area contributed by atoms with Gasteiger partial charge in [-0.1, -0.05) is 41.9 Å². The van der Waals surface area contributed by atoms with Gasteiger partial charge in [-0.2, -0.15) is 0 Å². The van der Waals surface area contributed by atoms with Gasteiger partial charge < -0.3 is 9.47 Å². The molecule has 1 heterocycles. The van der Waals surface area contributed by atoms with Crippen molar-refractivity contribution in [2.24, 2.45) is 0 Å². The third-order valence-corrected chi connectivity index (χ3v) is 4.65. The van der Waals surface area contributed by atoms with Crippen molar-refractivity contribution in [3.05, 3.63) is 46.6 Å². The maximum atomic E-state index is 12.4. The van der Waals surface area contributed by atoms with Crippen molar-refractivity contribution in [1.29, 1.82) is 0 Å². The highest BCUT2D eigenvalue weighted by Crippen LogP contribution is 2.28. The first kappa shape index (κ1) is 24.1.